The Kier molecular flexibility index (Phi) is 4.90. The molecule has 2 N–H and O–H groups in total. The highest BCUT2D eigenvalue weighted by Gasteiger charge is 2.37. The van der Waals surface area contributed by atoms with E-state index in [4.69, 9.17) is 9.84 Å². The van der Waals surface area contributed by atoms with Gasteiger partial charge in [-0.3, -0.25) is 4.79 Å². The molecular formula is C12H21NO4S. The first kappa shape index (κ1) is 15.1. The van der Waals surface area contributed by atoms with Crippen molar-refractivity contribution in [2.75, 3.05) is 11.5 Å². The van der Waals surface area contributed by atoms with Crippen LogP contribution in [0.4, 0.5) is 4.79 Å². The summed E-state index contributed by atoms with van der Waals surface area (Å²) in [6, 6.07) is 0. The van der Waals surface area contributed by atoms with Gasteiger partial charge < -0.3 is 15.2 Å². The maximum Gasteiger partial charge on any atom is 0.408 e. The number of hydrogen-bond acceptors (Lipinski definition) is 4. The molecule has 1 fully saturated rings. The molecule has 6 heteroatoms. The van der Waals surface area contributed by atoms with Crippen molar-refractivity contribution in [3.8, 4) is 0 Å². The van der Waals surface area contributed by atoms with Crippen molar-refractivity contribution in [1.82, 2.24) is 5.32 Å². The zero-order valence-corrected chi connectivity index (χ0v) is 11.9. The normalized spacial score (nSPS) is 24.4. The summed E-state index contributed by atoms with van der Waals surface area (Å²) in [6.07, 6.45) is 1.00. The van der Waals surface area contributed by atoms with Crippen LogP contribution < -0.4 is 5.32 Å². The SMILES string of the molecule is CC(C)(C)OC(=O)NC1(CC(=O)O)CCCSC1. The first-order valence-corrected chi connectivity index (χ1v) is 7.19. The molecule has 1 aliphatic rings. The molecule has 5 nitrogen and oxygen atoms in total. The summed E-state index contributed by atoms with van der Waals surface area (Å²) in [7, 11) is 0. The lowest BCUT2D eigenvalue weighted by Gasteiger charge is -2.36. The van der Waals surface area contributed by atoms with Gasteiger partial charge in [-0.05, 0) is 39.4 Å². The number of nitrogens with one attached hydrogen (secondary N) is 1. The van der Waals surface area contributed by atoms with Gasteiger partial charge in [0.2, 0.25) is 0 Å². The predicted octanol–water partition coefficient (Wildman–Crippen LogP) is 2.25. The molecule has 1 aliphatic heterocycles. The van der Waals surface area contributed by atoms with Crippen LogP contribution in [0, 0.1) is 0 Å². The third-order valence-corrected chi connectivity index (χ3v) is 3.91. The average Bonchev–Trinajstić information content (AvgIpc) is 2.13. The molecule has 0 spiro atoms. The van der Waals surface area contributed by atoms with E-state index in [2.05, 4.69) is 5.32 Å². The second kappa shape index (κ2) is 5.82. The van der Waals surface area contributed by atoms with Crippen LogP contribution in [0.2, 0.25) is 0 Å². The lowest BCUT2D eigenvalue weighted by Crippen LogP contribution is -2.54. The maximum atomic E-state index is 11.8. The molecule has 0 radical (unpaired) electrons. The minimum Gasteiger partial charge on any atom is -0.481 e. The maximum absolute atomic E-state index is 11.8. The van der Waals surface area contributed by atoms with Crippen LogP contribution in [-0.2, 0) is 9.53 Å². The summed E-state index contributed by atoms with van der Waals surface area (Å²) in [5.74, 6) is 0.740. The van der Waals surface area contributed by atoms with Gasteiger partial charge in [-0.2, -0.15) is 11.8 Å². The largest absolute Gasteiger partial charge is 0.481 e. The van der Waals surface area contributed by atoms with Crippen molar-refractivity contribution in [2.24, 2.45) is 0 Å². The monoisotopic (exact) mass is 275 g/mol. The summed E-state index contributed by atoms with van der Waals surface area (Å²) in [6.45, 7) is 5.35. The van der Waals surface area contributed by atoms with Crippen molar-refractivity contribution in [1.29, 1.82) is 0 Å². The molecule has 1 atom stereocenters. The molecule has 104 valence electrons. The van der Waals surface area contributed by atoms with Crippen molar-refractivity contribution in [3.05, 3.63) is 0 Å². The molecule has 1 amide bonds. The van der Waals surface area contributed by atoms with Crippen LogP contribution in [0.25, 0.3) is 0 Å². The minimum atomic E-state index is -0.895. The third-order valence-electron chi connectivity index (χ3n) is 2.58. The van der Waals surface area contributed by atoms with Crippen molar-refractivity contribution >= 4 is 23.8 Å². The molecule has 18 heavy (non-hydrogen) atoms. The molecule has 1 unspecified atom stereocenters. The van der Waals surface area contributed by atoms with E-state index >= 15 is 0 Å². The van der Waals surface area contributed by atoms with E-state index < -0.39 is 23.2 Å². The van der Waals surface area contributed by atoms with Crippen molar-refractivity contribution in [2.45, 2.75) is 51.2 Å². The molecular weight excluding hydrogens is 254 g/mol. The van der Waals surface area contributed by atoms with Gasteiger partial charge >= 0.3 is 12.1 Å². The number of alkyl carbamates (subject to hydrolysis) is 1. The lowest BCUT2D eigenvalue weighted by atomic mass is 9.91. The summed E-state index contributed by atoms with van der Waals surface area (Å²) in [5.41, 5.74) is -1.24. The number of carbonyl (C=O) groups excluding carboxylic acids is 1. The van der Waals surface area contributed by atoms with Crippen LogP contribution >= 0.6 is 11.8 Å². The molecule has 1 saturated heterocycles. The first-order valence-electron chi connectivity index (χ1n) is 6.03. The van der Waals surface area contributed by atoms with Gasteiger partial charge in [0.05, 0.1) is 12.0 Å². The Balaban J connectivity index is 2.66. The minimum absolute atomic E-state index is 0.0563. The van der Waals surface area contributed by atoms with E-state index in [1.807, 2.05) is 0 Å². The number of hydrogen-bond donors (Lipinski definition) is 2. The fourth-order valence-electron chi connectivity index (χ4n) is 1.94. The van der Waals surface area contributed by atoms with Crippen LogP contribution in [0.5, 0.6) is 0 Å². The lowest BCUT2D eigenvalue weighted by molar-refractivity contribution is -0.138. The zero-order valence-electron chi connectivity index (χ0n) is 11.1. The number of carbonyl (C=O) groups is 2. The Morgan fingerprint density at radius 3 is 2.56 bits per heavy atom. The van der Waals surface area contributed by atoms with Crippen LogP contribution in [0.15, 0.2) is 0 Å². The van der Waals surface area contributed by atoms with E-state index in [1.165, 1.54) is 0 Å². The Hall–Kier alpha value is -0.910. The molecule has 0 saturated carbocycles. The fraction of sp³-hybridized carbons (Fsp3) is 0.833. The molecule has 0 bridgehead atoms. The van der Waals surface area contributed by atoms with Gasteiger partial charge in [0.25, 0.3) is 0 Å². The quantitative estimate of drug-likeness (QED) is 0.826. The summed E-state index contributed by atoms with van der Waals surface area (Å²) in [5, 5.41) is 11.7. The Bertz CT molecular complexity index is 319. The van der Waals surface area contributed by atoms with Gasteiger partial charge in [0.15, 0.2) is 0 Å². The van der Waals surface area contributed by atoms with Crippen LogP contribution in [0.3, 0.4) is 0 Å². The topological polar surface area (TPSA) is 75.6 Å². The van der Waals surface area contributed by atoms with Crippen molar-refractivity contribution < 1.29 is 19.4 Å². The van der Waals surface area contributed by atoms with E-state index in [9.17, 15) is 9.59 Å². The van der Waals surface area contributed by atoms with Crippen LogP contribution in [-0.4, -0.2) is 39.8 Å². The van der Waals surface area contributed by atoms with Gasteiger partial charge in [0, 0.05) is 5.75 Å². The average molecular weight is 275 g/mol. The summed E-state index contributed by atoms with van der Waals surface area (Å²) >= 11 is 1.67. The summed E-state index contributed by atoms with van der Waals surface area (Å²) < 4.78 is 5.19. The number of rotatable bonds is 3. The smallest absolute Gasteiger partial charge is 0.408 e. The molecule has 0 aromatic carbocycles. The first-order chi connectivity index (χ1) is 8.22. The van der Waals surface area contributed by atoms with E-state index in [0.29, 0.717) is 12.2 Å². The summed E-state index contributed by atoms with van der Waals surface area (Å²) in [4.78, 5) is 22.7. The van der Waals surface area contributed by atoms with Gasteiger partial charge in [-0.15, -0.1) is 0 Å². The number of aliphatic carboxylic acids is 1. The number of carboxylic acid groups (broad SMARTS) is 1. The van der Waals surface area contributed by atoms with Crippen molar-refractivity contribution in [3.63, 3.8) is 0 Å². The molecule has 0 aromatic heterocycles. The van der Waals surface area contributed by atoms with E-state index in [-0.39, 0.29) is 6.42 Å². The van der Waals surface area contributed by atoms with Gasteiger partial charge in [-0.1, -0.05) is 0 Å². The number of amides is 1. The number of carboxylic acids is 1. The second-order valence-corrected chi connectivity index (χ2v) is 6.74. The third kappa shape index (κ3) is 5.16. The second-order valence-electron chi connectivity index (χ2n) is 5.63. The Morgan fingerprint density at radius 1 is 1.44 bits per heavy atom. The highest BCUT2D eigenvalue weighted by Crippen LogP contribution is 2.30. The zero-order chi connectivity index (χ0) is 13.8. The molecule has 0 aliphatic carbocycles. The highest BCUT2D eigenvalue weighted by molar-refractivity contribution is 7.99. The van der Waals surface area contributed by atoms with E-state index in [1.54, 1.807) is 32.5 Å². The Labute approximate surface area is 112 Å². The molecule has 0 aromatic rings. The Morgan fingerprint density at radius 2 is 2.11 bits per heavy atom. The van der Waals surface area contributed by atoms with Gasteiger partial charge in [0.1, 0.15) is 5.60 Å². The molecule has 1 heterocycles. The number of ether oxygens (including phenoxy) is 1. The highest BCUT2D eigenvalue weighted by atomic mass is 32.2. The fourth-order valence-corrected chi connectivity index (χ4v) is 3.15. The molecule has 1 rings (SSSR count). The standard InChI is InChI=1S/C12H21NO4S/c1-11(2,3)17-10(16)13-12(7-9(14)15)5-4-6-18-8-12/h4-8H2,1-3H3,(H,13,16)(H,14,15). The van der Waals surface area contributed by atoms with Gasteiger partial charge in [-0.25, -0.2) is 4.79 Å². The van der Waals surface area contributed by atoms with E-state index in [0.717, 1.165) is 12.2 Å². The predicted molar refractivity (Wildman–Crippen MR) is 70.9 cm³/mol. The number of thioether (sulfide) groups is 1. The van der Waals surface area contributed by atoms with Crippen LogP contribution in [0.1, 0.15) is 40.0 Å².